The van der Waals surface area contributed by atoms with Crippen molar-refractivity contribution in [2.24, 2.45) is 0 Å². The molecule has 0 heterocycles. The van der Waals surface area contributed by atoms with Crippen LogP contribution in [0.2, 0.25) is 5.02 Å². The first-order chi connectivity index (χ1) is 18.0. The lowest BCUT2D eigenvalue weighted by molar-refractivity contribution is -0.113. The summed E-state index contributed by atoms with van der Waals surface area (Å²) in [5.74, 6) is -1.06. The molecule has 0 aromatic heterocycles. The number of ketones is 1. The van der Waals surface area contributed by atoms with Crippen LogP contribution < -0.4 is 10.6 Å². The average molecular weight is 507 g/mol. The van der Waals surface area contributed by atoms with Crippen LogP contribution in [0.25, 0.3) is 12.2 Å². The molecular weight excluding hydrogens is 484 g/mol. The third-order valence-corrected chi connectivity index (χ3v) is 5.62. The van der Waals surface area contributed by atoms with E-state index in [0.29, 0.717) is 21.8 Å². The molecule has 4 aromatic carbocycles. The molecule has 0 fully saturated rings. The quantitative estimate of drug-likeness (QED) is 0.207. The first-order valence-corrected chi connectivity index (χ1v) is 11.9. The molecule has 5 nitrogen and oxygen atoms in total. The van der Waals surface area contributed by atoms with Gasteiger partial charge in [-0.2, -0.15) is 0 Å². The van der Waals surface area contributed by atoms with E-state index in [1.807, 2.05) is 48.5 Å². The van der Waals surface area contributed by atoms with Gasteiger partial charge in [0, 0.05) is 21.8 Å². The van der Waals surface area contributed by atoms with Crippen molar-refractivity contribution in [3.63, 3.8) is 0 Å². The number of carbonyl (C=O) groups is 3. The summed E-state index contributed by atoms with van der Waals surface area (Å²) < 4.78 is 0. The number of hydrogen-bond donors (Lipinski definition) is 2. The van der Waals surface area contributed by atoms with Gasteiger partial charge in [0.2, 0.25) is 0 Å². The first kappa shape index (κ1) is 25.4. The third kappa shape index (κ3) is 7.37. The molecule has 2 N–H and O–H groups in total. The van der Waals surface area contributed by atoms with Crippen LogP contribution in [-0.2, 0) is 4.79 Å². The van der Waals surface area contributed by atoms with Crippen LogP contribution in [0.1, 0.15) is 31.8 Å². The van der Waals surface area contributed by atoms with Crippen molar-refractivity contribution in [2.45, 2.75) is 0 Å². The van der Waals surface area contributed by atoms with Crippen molar-refractivity contribution >= 4 is 47.0 Å². The van der Waals surface area contributed by atoms with E-state index in [0.717, 1.165) is 11.1 Å². The lowest BCUT2D eigenvalue weighted by Gasteiger charge is -2.12. The van der Waals surface area contributed by atoms with Gasteiger partial charge in [0.15, 0.2) is 5.78 Å². The highest BCUT2D eigenvalue weighted by molar-refractivity contribution is 6.30. The fourth-order valence-corrected chi connectivity index (χ4v) is 3.54. The van der Waals surface area contributed by atoms with Crippen LogP contribution in [0.3, 0.4) is 0 Å². The highest BCUT2D eigenvalue weighted by Gasteiger charge is 2.15. The zero-order valence-corrected chi connectivity index (χ0v) is 20.5. The van der Waals surface area contributed by atoms with Gasteiger partial charge in [0.1, 0.15) is 5.70 Å². The van der Waals surface area contributed by atoms with E-state index in [9.17, 15) is 14.4 Å². The van der Waals surface area contributed by atoms with Crippen LogP contribution in [0.4, 0.5) is 5.69 Å². The van der Waals surface area contributed by atoms with E-state index in [2.05, 4.69) is 10.6 Å². The van der Waals surface area contributed by atoms with Crippen LogP contribution in [0.15, 0.2) is 121 Å². The number of amides is 2. The Morgan fingerprint density at radius 3 is 1.92 bits per heavy atom. The summed E-state index contributed by atoms with van der Waals surface area (Å²) in [5, 5.41) is 6.12. The Kier molecular flexibility index (Phi) is 8.42. The molecule has 4 aromatic rings. The fourth-order valence-electron chi connectivity index (χ4n) is 3.42. The number of halogens is 1. The van der Waals surface area contributed by atoms with Gasteiger partial charge in [-0.25, -0.2) is 0 Å². The SMILES string of the molecule is O=C(Nc1ccc(C(=O)/C=C/c2ccc(Cl)cc2)cc1)/C(=C/c1ccccc1)NC(=O)c1ccccc1. The number of nitrogens with one attached hydrogen (secondary N) is 2. The molecule has 6 heteroatoms. The number of allylic oxidation sites excluding steroid dienone is 1. The Bertz CT molecular complexity index is 1440. The Balaban J connectivity index is 1.47. The highest BCUT2D eigenvalue weighted by atomic mass is 35.5. The van der Waals surface area contributed by atoms with Crippen molar-refractivity contribution < 1.29 is 14.4 Å². The number of hydrogen-bond acceptors (Lipinski definition) is 3. The molecule has 2 amide bonds. The lowest BCUT2D eigenvalue weighted by atomic mass is 10.1. The van der Waals surface area contributed by atoms with E-state index >= 15 is 0 Å². The van der Waals surface area contributed by atoms with Gasteiger partial charge in [-0.15, -0.1) is 0 Å². The van der Waals surface area contributed by atoms with Crippen molar-refractivity contribution in [1.82, 2.24) is 5.32 Å². The van der Waals surface area contributed by atoms with E-state index in [1.165, 1.54) is 6.08 Å². The third-order valence-electron chi connectivity index (χ3n) is 5.36. The first-order valence-electron chi connectivity index (χ1n) is 11.5. The molecule has 0 bridgehead atoms. The van der Waals surface area contributed by atoms with Gasteiger partial charge in [-0.3, -0.25) is 14.4 Å². The predicted octanol–water partition coefficient (Wildman–Crippen LogP) is 6.65. The van der Waals surface area contributed by atoms with Gasteiger partial charge in [0.25, 0.3) is 11.8 Å². The molecule has 0 spiro atoms. The lowest BCUT2D eigenvalue weighted by Crippen LogP contribution is -2.30. The number of carbonyl (C=O) groups excluding carboxylic acids is 3. The van der Waals surface area contributed by atoms with E-state index in [4.69, 9.17) is 11.6 Å². The Morgan fingerprint density at radius 1 is 0.649 bits per heavy atom. The summed E-state index contributed by atoms with van der Waals surface area (Å²) >= 11 is 5.89. The zero-order chi connectivity index (χ0) is 26.0. The van der Waals surface area contributed by atoms with Crippen molar-refractivity contribution in [1.29, 1.82) is 0 Å². The fraction of sp³-hybridized carbons (Fsp3) is 0. The number of anilines is 1. The predicted molar refractivity (Wildman–Crippen MR) is 148 cm³/mol. The van der Waals surface area contributed by atoms with Crippen molar-refractivity contribution in [2.75, 3.05) is 5.32 Å². The van der Waals surface area contributed by atoms with Crippen LogP contribution in [-0.4, -0.2) is 17.6 Å². The van der Waals surface area contributed by atoms with E-state index < -0.39 is 11.8 Å². The Labute approximate surface area is 220 Å². The second-order valence-corrected chi connectivity index (χ2v) is 8.51. The molecule has 0 radical (unpaired) electrons. The van der Waals surface area contributed by atoms with Gasteiger partial charge in [0.05, 0.1) is 0 Å². The molecule has 0 aliphatic rings. The maximum absolute atomic E-state index is 13.1. The minimum Gasteiger partial charge on any atom is -0.321 e. The largest absolute Gasteiger partial charge is 0.321 e. The smallest absolute Gasteiger partial charge is 0.272 e. The van der Waals surface area contributed by atoms with Crippen LogP contribution >= 0.6 is 11.6 Å². The summed E-state index contributed by atoms with van der Waals surface area (Å²) in [4.78, 5) is 38.4. The summed E-state index contributed by atoms with van der Waals surface area (Å²) in [6, 6.07) is 31.6. The van der Waals surface area contributed by atoms with Gasteiger partial charge < -0.3 is 10.6 Å². The number of benzene rings is 4. The minimum absolute atomic E-state index is 0.0890. The maximum Gasteiger partial charge on any atom is 0.272 e. The number of rotatable bonds is 8. The van der Waals surface area contributed by atoms with Crippen LogP contribution in [0.5, 0.6) is 0 Å². The summed E-state index contributed by atoms with van der Waals surface area (Å²) in [5.41, 5.74) is 3.10. The van der Waals surface area contributed by atoms with Gasteiger partial charge in [-0.1, -0.05) is 78.3 Å². The normalized spacial score (nSPS) is 11.2. The molecule has 182 valence electrons. The molecule has 0 aliphatic heterocycles. The van der Waals surface area contributed by atoms with Crippen molar-refractivity contribution in [3.05, 3.63) is 148 Å². The molecule has 0 saturated carbocycles. The Hall–Kier alpha value is -4.74. The average Bonchev–Trinajstić information content (AvgIpc) is 2.93. The summed E-state index contributed by atoms with van der Waals surface area (Å²) in [7, 11) is 0. The topological polar surface area (TPSA) is 75.3 Å². The second-order valence-electron chi connectivity index (χ2n) is 8.07. The summed E-state index contributed by atoms with van der Waals surface area (Å²) in [6.45, 7) is 0. The molecular formula is C31H23ClN2O3. The molecule has 0 saturated heterocycles. The molecule has 37 heavy (non-hydrogen) atoms. The maximum atomic E-state index is 13.1. The summed E-state index contributed by atoms with van der Waals surface area (Å²) in [6.07, 6.45) is 4.80. The minimum atomic E-state index is -0.491. The standard InChI is InChI=1S/C31H23ClN2O3/c32-26-16-11-22(12-17-26)13-20-29(35)24-14-18-27(19-15-24)33-31(37)28(21-23-7-3-1-4-8-23)34-30(36)25-9-5-2-6-10-25/h1-21H,(H,33,37)(H,34,36)/b20-13+,28-21-. The van der Waals surface area contributed by atoms with Gasteiger partial charge in [-0.05, 0) is 71.8 Å². The monoisotopic (exact) mass is 506 g/mol. The molecule has 0 aliphatic carbocycles. The second kappa shape index (κ2) is 12.3. The zero-order valence-electron chi connectivity index (χ0n) is 19.7. The molecule has 4 rings (SSSR count). The molecule has 0 atom stereocenters. The van der Waals surface area contributed by atoms with Crippen LogP contribution in [0, 0.1) is 0 Å². The van der Waals surface area contributed by atoms with E-state index in [-0.39, 0.29) is 11.5 Å². The highest BCUT2D eigenvalue weighted by Crippen LogP contribution is 2.15. The molecule has 0 unspecified atom stereocenters. The van der Waals surface area contributed by atoms with Crippen molar-refractivity contribution in [3.8, 4) is 0 Å². The Morgan fingerprint density at radius 2 is 1.27 bits per heavy atom. The van der Waals surface area contributed by atoms with Gasteiger partial charge >= 0.3 is 0 Å². The van der Waals surface area contributed by atoms with E-state index in [1.54, 1.807) is 72.8 Å².